The van der Waals surface area contributed by atoms with Crippen molar-refractivity contribution in [3.63, 3.8) is 0 Å². The molecule has 0 unspecified atom stereocenters. The van der Waals surface area contributed by atoms with Crippen LogP contribution in [-0.4, -0.2) is 29.7 Å². The highest BCUT2D eigenvalue weighted by Crippen LogP contribution is 2.23. The highest BCUT2D eigenvalue weighted by Gasteiger charge is 2.11. The Morgan fingerprint density at radius 1 is 1.00 bits per heavy atom. The summed E-state index contributed by atoms with van der Waals surface area (Å²) in [4.78, 5) is 6.94. The maximum atomic E-state index is 4.46. The third kappa shape index (κ3) is 2.50. The predicted molar refractivity (Wildman–Crippen MR) is 83.9 cm³/mol. The molecule has 4 heteroatoms. The monoisotopic (exact) mass is 270 g/mol. The van der Waals surface area contributed by atoms with Gasteiger partial charge in [-0.05, 0) is 50.5 Å². The summed E-state index contributed by atoms with van der Waals surface area (Å²) in [5, 5.41) is 3.13. The first kappa shape index (κ1) is 13.0. The van der Waals surface area contributed by atoms with Crippen LogP contribution in [0.2, 0.25) is 0 Å². The Labute approximate surface area is 120 Å². The first-order valence-corrected chi connectivity index (χ1v) is 7.37. The molecule has 2 aromatic rings. The summed E-state index contributed by atoms with van der Waals surface area (Å²) in [6, 6.07) is 8.78. The van der Waals surface area contributed by atoms with Crippen molar-refractivity contribution in [3.8, 4) is 5.69 Å². The molecule has 1 saturated heterocycles. The van der Waals surface area contributed by atoms with Gasteiger partial charge in [0.25, 0.3) is 0 Å². The molecule has 0 spiro atoms. The van der Waals surface area contributed by atoms with Crippen molar-refractivity contribution in [2.75, 3.05) is 30.4 Å². The number of anilines is 2. The molecule has 1 aromatic carbocycles. The minimum atomic E-state index is 0.883. The van der Waals surface area contributed by atoms with Gasteiger partial charge in [0.05, 0.1) is 5.69 Å². The van der Waals surface area contributed by atoms with Crippen LogP contribution in [0.4, 0.5) is 11.6 Å². The van der Waals surface area contributed by atoms with E-state index in [1.54, 1.807) is 0 Å². The molecule has 0 amide bonds. The van der Waals surface area contributed by atoms with E-state index >= 15 is 0 Å². The molecule has 1 fully saturated rings. The Hall–Kier alpha value is -1.97. The lowest BCUT2D eigenvalue weighted by molar-refractivity contribution is 0.578. The number of nitrogens with zero attached hydrogens (tertiary/aromatic N) is 3. The van der Waals surface area contributed by atoms with Crippen LogP contribution in [0.5, 0.6) is 0 Å². The van der Waals surface area contributed by atoms with Gasteiger partial charge < -0.3 is 10.2 Å². The standard InChI is InChI=1S/C16H22N4/c1-13-12-20(16(17-2)18-13)15-8-6-14(7-9-15)19-10-4-3-5-11-19/h6-9,12H,3-5,10-11H2,1-2H3,(H,17,18). The maximum absolute atomic E-state index is 4.46. The molecule has 1 N–H and O–H groups in total. The minimum absolute atomic E-state index is 0.883. The van der Waals surface area contributed by atoms with Crippen LogP contribution in [0.25, 0.3) is 5.69 Å². The minimum Gasteiger partial charge on any atom is -0.372 e. The van der Waals surface area contributed by atoms with Gasteiger partial charge in [-0.3, -0.25) is 4.57 Å². The Morgan fingerprint density at radius 3 is 2.30 bits per heavy atom. The van der Waals surface area contributed by atoms with Gasteiger partial charge in [-0.15, -0.1) is 0 Å². The van der Waals surface area contributed by atoms with Crippen molar-refractivity contribution in [1.82, 2.24) is 9.55 Å². The van der Waals surface area contributed by atoms with Crippen molar-refractivity contribution in [1.29, 1.82) is 0 Å². The number of imidazole rings is 1. The van der Waals surface area contributed by atoms with Crippen LogP contribution >= 0.6 is 0 Å². The number of nitrogens with one attached hydrogen (secondary N) is 1. The molecular weight excluding hydrogens is 248 g/mol. The zero-order valence-electron chi connectivity index (χ0n) is 12.3. The first-order chi connectivity index (χ1) is 9.78. The third-order valence-electron chi connectivity index (χ3n) is 3.90. The molecule has 0 radical (unpaired) electrons. The number of rotatable bonds is 3. The molecule has 3 rings (SSSR count). The molecule has 0 saturated carbocycles. The Bertz CT molecular complexity index is 565. The first-order valence-electron chi connectivity index (χ1n) is 7.37. The SMILES string of the molecule is CNc1nc(C)cn1-c1ccc(N2CCCCC2)cc1. The summed E-state index contributed by atoms with van der Waals surface area (Å²) in [6.07, 6.45) is 6.05. The van der Waals surface area contributed by atoms with E-state index in [2.05, 4.69) is 50.2 Å². The normalized spacial score (nSPS) is 15.4. The van der Waals surface area contributed by atoms with Crippen molar-refractivity contribution in [2.45, 2.75) is 26.2 Å². The zero-order chi connectivity index (χ0) is 13.9. The average Bonchev–Trinajstić information content (AvgIpc) is 2.89. The second kappa shape index (κ2) is 5.57. The summed E-state index contributed by atoms with van der Waals surface area (Å²) in [6.45, 7) is 4.38. The number of benzene rings is 1. The predicted octanol–water partition coefficient (Wildman–Crippen LogP) is 3.21. The van der Waals surface area contributed by atoms with E-state index in [1.807, 2.05) is 14.0 Å². The smallest absolute Gasteiger partial charge is 0.207 e. The van der Waals surface area contributed by atoms with Gasteiger partial charge in [0.1, 0.15) is 0 Å². The largest absolute Gasteiger partial charge is 0.372 e. The molecule has 1 aliphatic rings. The van der Waals surface area contributed by atoms with Crippen LogP contribution in [0.3, 0.4) is 0 Å². The molecular formula is C16H22N4. The van der Waals surface area contributed by atoms with Gasteiger partial charge in [0, 0.05) is 37.7 Å². The van der Waals surface area contributed by atoms with Crippen LogP contribution in [-0.2, 0) is 0 Å². The lowest BCUT2D eigenvalue weighted by Gasteiger charge is -2.28. The van der Waals surface area contributed by atoms with E-state index in [0.717, 1.165) is 17.3 Å². The fraction of sp³-hybridized carbons (Fsp3) is 0.438. The Kier molecular flexibility index (Phi) is 3.63. The van der Waals surface area contributed by atoms with Crippen molar-refractivity contribution < 1.29 is 0 Å². The molecule has 0 aliphatic carbocycles. The number of hydrogen-bond donors (Lipinski definition) is 1. The van der Waals surface area contributed by atoms with Crippen molar-refractivity contribution in [2.24, 2.45) is 0 Å². The number of piperidine rings is 1. The maximum Gasteiger partial charge on any atom is 0.207 e. The quantitative estimate of drug-likeness (QED) is 0.929. The summed E-state index contributed by atoms with van der Waals surface area (Å²) >= 11 is 0. The topological polar surface area (TPSA) is 33.1 Å². The summed E-state index contributed by atoms with van der Waals surface area (Å²) in [7, 11) is 1.90. The van der Waals surface area contributed by atoms with Gasteiger partial charge in [0.2, 0.25) is 5.95 Å². The molecule has 1 aliphatic heterocycles. The van der Waals surface area contributed by atoms with Gasteiger partial charge in [-0.1, -0.05) is 0 Å². The number of aryl methyl sites for hydroxylation is 1. The molecule has 106 valence electrons. The average molecular weight is 270 g/mol. The van der Waals surface area contributed by atoms with Crippen LogP contribution in [0.15, 0.2) is 30.5 Å². The second-order valence-electron chi connectivity index (χ2n) is 5.39. The summed E-state index contributed by atoms with van der Waals surface area (Å²) in [5.41, 5.74) is 3.50. The fourth-order valence-corrected chi connectivity index (χ4v) is 2.85. The van der Waals surface area contributed by atoms with Gasteiger partial charge in [-0.2, -0.15) is 0 Å². The highest BCUT2D eigenvalue weighted by molar-refractivity contribution is 5.53. The van der Waals surface area contributed by atoms with E-state index in [0.29, 0.717) is 0 Å². The molecule has 4 nitrogen and oxygen atoms in total. The van der Waals surface area contributed by atoms with Crippen molar-refractivity contribution in [3.05, 3.63) is 36.2 Å². The van der Waals surface area contributed by atoms with E-state index < -0.39 is 0 Å². The van der Waals surface area contributed by atoms with Gasteiger partial charge >= 0.3 is 0 Å². The van der Waals surface area contributed by atoms with Crippen LogP contribution in [0, 0.1) is 6.92 Å². The molecule has 20 heavy (non-hydrogen) atoms. The molecule has 2 heterocycles. The molecule has 1 aromatic heterocycles. The molecule has 0 atom stereocenters. The summed E-state index contributed by atoms with van der Waals surface area (Å²) in [5.74, 6) is 0.883. The Morgan fingerprint density at radius 2 is 1.65 bits per heavy atom. The zero-order valence-corrected chi connectivity index (χ0v) is 12.3. The fourth-order valence-electron chi connectivity index (χ4n) is 2.85. The number of aromatic nitrogens is 2. The molecule has 0 bridgehead atoms. The van der Waals surface area contributed by atoms with Gasteiger partial charge in [-0.25, -0.2) is 4.98 Å². The highest BCUT2D eigenvalue weighted by atomic mass is 15.2. The lowest BCUT2D eigenvalue weighted by atomic mass is 10.1. The van der Waals surface area contributed by atoms with E-state index in [9.17, 15) is 0 Å². The van der Waals surface area contributed by atoms with Crippen molar-refractivity contribution >= 4 is 11.6 Å². The second-order valence-corrected chi connectivity index (χ2v) is 5.39. The number of hydrogen-bond acceptors (Lipinski definition) is 3. The lowest BCUT2D eigenvalue weighted by Crippen LogP contribution is -2.29. The van der Waals surface area contributed by atoms with E-state index in [4.69, 9.17) is 0 Å². The van der Waals surface area contributed by atoms with Gasteiger partial charge in [0.15, 0.2) is 0 Å². The Balaban J connectivity index is 1.85. The third-order valence-corrected chi connectivity index (χ3v) is 3.90. The van der Waals surface area contributed by atoms with E-state index in [-0.39, 0.29) is 0 Å². The van der Waals surface area contributed by atoms with Crippen LogP contribution < -0.4 is 10.2 Å². The van der Waals surface area contributed by atoms with Crippen LogP contribution in [0.1, 0.15) is 25.0 Å². The summed E-state index contributed by atoms with van der Waals surface area (Å²) < 4.78 is 2.09. The van der Waals surface area contributed by atoms with E-state index in [1.165, 1.54) is 38.0 Å².